The maximum absolute atomic E-state index is 12.1. The third kappa shape index (κ3) is 3.53. The molecule has 21 heavy (non-hydrogen) atoms. The number of aromatic amines is 1. The largest absolute Gasteiger partial charge is 0.379 e. The Labute approximate surface area is 127 Å². The van der Waals surface area contributed by atoms with Gasteiger partial charge in [-0.1, -0.05) is 11.6 Å². The van der Waals surface area contributed by atoms with Crippen LogP contribution in [0, 0.1) is 0 Å². The summed E-state index contributed by atoms with van der Waals surface area (Å²) in [6.45, 7) is 4.84. The van der Waals surface area contributed by atoms with Gasteiger partial charge >= 0.3 is 0 Å². The predicted octanol–water partition coefficient (Wildman–Crippen LogP) is 1.28. The number of fused-ring (bicyclic) bond motifs is 1. The zero-order chi connectivity index (χ0) is 14.7. The highest BCUT2D eigenvalue weighted by Crippen LogP contribution is 2.17. The summed E-state index contributed by atoms with van der Waals surface area (Å²) in [6, 6.07) is 3.52. The molecule has 0 atom stereocenters. The van der Waals surface area contributed by atoms with Gasteiger partial charge in [-0.25, -0.2) is 4.98 Å². The first-order valence-electron chi connectivity index (χ1n) is 6.95. The van der Waals surface area contributed by atoms with E-state index in [1.807, 2.05) is 0 Å². The predicted molar refractivity (Wildman–Crippen MR) is 80.7 cm³/mol. The Balaban J connectivity index is 1.56. The molecule has 112 valence electrons. The fourth-order valence-electron chi connectivity index (χ4n) is 2.37. The number of amides is 1. The first kappa shape index (κ1) is 14.3. The summed E-state index contributed by atoms with van der Waals surface area (Å²) in [5, 5.41) is 4.22. The molecular formula is C14H17ClN4O2. The molecule has 6 nitrogen and oxygen atoms in total. The summed E-state index contributed by atoms with van der Waals surface area (Å²) in [7, 11) is 0. The van der Waals surface area contributed by atoms with E-state index in [0.29, 0.717) is 17.4 Å². The van der Waals surface area contributed by atoms with Gasteiger partial charge < -0.3 is 15.0 Å². The number of H-pyrrole nitrogens is 1. The van der Waals surface area contributed by atoms with Crippen molar-refractivity contribution in [2.24, 2.45) is 0 Å². The van der Waals surface area contributed by atoms with Crippen molar-refractivity contribution in [1.29, 1.82) is 0 Å². The third-order valence-electron chi connectivity index (χ3n) is 3.53. The summed E-state index contributed by atoms with van der Waals surface area (Å²) in [5.74, 6) is -0.115. The Hall–Kier alpha value is -1.63. The molecule has 1 amide bonds. The zero-order valence-electron chi connectivity index (χ0n) is 11.6. The number of pyridine rings is 1. The van der Waals surface area contributed by atoms with E-state index in [-0.39, 0.29) is 5.91 Å². The first-order valence-corrected chi connectivity index (χ1v) is 7.33. The molecule has 1 fully saturated rings. The van der Waals surface area contributed by atoms with Gasteiger partial charge in [-0.3, -0.25) is 9.69 Å². The smallest absolute Gasteiger partial charge is 0.267 e. The Morgan fingerprint density at radius 1 is 1.43 bits per heavy atom. The minimum absolute atomic E-state index is 0.115. The van der Waals surface area contributed by atoms with E-state index in [1.165, 1.54) is 0 Å². The van der Waals surface area contributed by atoms with Gasteiger partial charge in [0.2, 0.25) is 0 Å². The fraction of sp³-hybridized carbons (Fsp3) is 0.429. The van der Waals surface area contributed by atoms with Crippen LogP contribution in [0.2, 0.25) is 5.15 Å². The number of ether oxygens (including phenoxy) is 1. The number of carbonyl (C=O) groups excluding carboxylic acids is 1. The lowest BCUT2D eigenvalue weighted by molar-refractivity contribution is 0.0383. The monoisotopic (exact) mass is 308 g/mol. The summed E-state index contributed by atoms with van der Waals surface area (Å²) in [6.07, 6.45) is 1.63. The second-order valence-corrected chi connectivity index (χ2v) is 5.37. The van der Waals surface area contributed by atoms with Crippen molar-refractivity contribution in [3.8, 4) is 0 Å². The number of hydrogen-bond donors (Lipinski definition) is 2. The first-order chi connectivity index (χ1) is 10.2. The van der Waals surface area contributed by atoms with Gasteiger partial charge in [0.25, 0.3) is 5.91 Å². The summed E-state index contributed by atoms with van der Waals surface area (Å²) in [4.78, 5) is 21.4. The molecule has 1 aliphatic heterocycles. The van der Waals surface area contributed by atoms with Crippen LogP contribution in [-0.2, 0) is 4.74 Å². The number of rotatable bonds is 4. The van der Waals surface area contributed by atoms with E-state index in [1.54, 1.807) is 18.3 Å². The van der Waals surface area contributed by atoms with Crippen molar-refractivity contribution in [3.63, 3.8) is 0 Å². The summed E-state index contributed by atoms with van der Waals surface area (Å²) < 4.78 is 5.29. The van der Waals surface area contributed by atoms with E-state index >= 15 is 0 Å². The van der Waals surface area contributed by atoms with Crippen LogP contribution in [0.3, 0.4) is 0 Å². The molecule has 3 heterocycles. The molecule has 0 aliphatic carbocycles. The van der Waals surface area contributed by atoms with Gasteiger partial charge in [-0.2, -0.15) is 0 Å². The maximum atomic E-state index is 12.1. The zero-order valence-corrected chi connectivity index (χ0v) is 12.3. The van der Waals surface area contributed by atoms with Crippen molar-refractivity contribution in [1.82, 2.24) is 20.2 Å². The number of hydrogen-bond acceptors (Lipinski definition) is 4. The number of morpholine rings is 1. The normalized spacial score (nSPS) is 16.2. The number of aromatic nitrogens is 2. The standard InChI is InChI=1S/C14H17ClN4O2/c15-13-8-10-7-11(18-12(10)9-17-13)14(20)16-1-2-19-3-5-21-6-4-19/h7-9,18H,1-6H2,(H,16,20). The highest BCUT2D eigenvalue weighted by Gasteiger charge is 2.12. The maximum Gasteiger partial charge on any atom is 0.267 e. The van der Waals surface area contributed by atoms with Crippen LogP contribution in [0.5, 0.6) is 0 Å². The van der Waals surface area contributed by atoms with E-state index in [0.717, 1.165) is 43.8 Å². The molecule has 2 aromatic rings. The molecule has 0 spiro atoms. The van der Waals surface area contributed by atoms with Gasteiger partial charge in [0.05, 0.1) is 24.9 Å². The van der Waals surface area contributed by atoms with Gasteiger partial charge in [-0.05, 0) is 12.1 Å². The molecule has 1 aliphatic rings. The van der Waals surface area contributed by atoms with Gasteiger partial charge in [0, 0.05) is 31.6 Å². The molecule has 7 heteroatoms. The molecule has 2 N–H and O–H groups in total. The van der Waals surface area contributed by atoms with E-state index in [2.05, 4.69) is 20.2 Å². The topological polar surface area (TPSA) is 70.2 Å². The molecule has 1 saturated heterocycles. The minimum Gasteiger partial charge on any atom is -0.379 e. The molecule has 0 bridgehead atoms. The third-order valence-corrected chi connectivity index (χ3v) is 3.74. The average Bonchev–Trinajstić information content (AvgIpc) is 2.91. The lowest BCUT2D eigenvalue weighted by atomic mass is 10.3. The van der Waals surface area contributed by atoms with Crippen LogP contribution < -0.4 is 5.32 Å². The highest BCUT2D eigenvalue weighted by molar-refractivity contribution is 6.30. The number of carbonyl (C=O) groups is 1. The molecule has 0 unspecified atom stereocenters. The Bertz CT molecular complexity index is 637. The van der Waals surface area contributed by atoms with Crippen LogP contribution in [0.15, 0.2) is 18.3 Å². The molecule has 2 aromatic heterocycles. The van der Waals surface area contributed by atoms with Gasteiger partial charge in [0.1, 0.15) is 10.8 Å². The highest BCUT2D eigenvalue weighted by atomic mass is 35.5. The van der Waals surface area contributed by atoms with E-state index in [9.17, 15) is 4.79 Å². The molecular weight excluding hydrogens is 292 g/mol. The van der Waals surface area contributed by atoms with Crippen LogP contribution in [-0.4, -0.2) is 60.2 Å². The van der Waals surface area contributed by atoms with Crippen molar-refractivity contribution >= 4 is 28.4 Å². The minimum atomic E-state index is -0.115. The van der Waals surface area contributed by atoms with Gasteiger partial charge in [0.15, 0.2) is 0 Å². The average molecular weight is 309 g/mol. The number of nitrogens with zero attached hydrogens (tertiary/aromatic N) is 2. The Morgan fingerprint density at radius 3 is 3.05 bits per heavy atom. The van der Waals surface area contributed by atoms with Crippen LogP contribution in [0.25, 0.3) is 10.9 Å². The van der Waals surface area contributed by atoms with Crippen molar-refractivity contribution in [3.05, 3.63) is 29.2 Å². The van der Waals surface area contributed by atoms with E-state index in [4.69, 9.17) is 16.3 Å². The second kappa shape index (κ2) is 6.43. The quantitative estimate of drug-likeness (QED) is 0.835. The number of halogens is 1. The molecule has 3 rings (SSSR count). The van der Waals surface area contributed by atoms with Crippen molar-refractivity contribution in [2.45, 2.75) is 0 Å². The lowest BCUT2D eigenvalue weighted by Crippen LogP contribution is -2.41. The SMILES string of the molecule is O=C(NCCN1CCOCC1)c1cc2cc(Cl)ncc2[nH]1. The molecule has 0 saturated carbocycles. The summed E-state index contributed by atoms with van der Waals surface area (Å²) in [5.41, 5.74) is 1.33. The molecule has 0 radical (unpaired) electrons. The van der Waals surface area contributed by atoms with Crippen molar-refractivity contribution < 1.29 is 9.53 Å². The number of nitrogens with one attached hydrogen (secondary N) is 2. The van der Waals surface area contributed by atoms with Crippen LogP contribution in [0.1, 0.15) is 10.5 Å². The van der Waals surface area contributed by atoms with Crippen LogP contribution in [0.4, 0.5) is 0 Å². The Morgan fingerprint density at radius 2 is 2.24 bits per heavy atom. The Kier molecular flexibility index (Phi) is 4.38. The molecule has 0 aromatic carbocycles. The second-order valence-electron chi connectivity index (χ2n) is 4.99. The van der Waals surface area contributed by atoms with Crippen LogP contribution >= 0.6 is 11.6 Å². The van der Waals surface area contributed by atoms with E-state index < -0.39 is 0 Å². The van der Waals surface area contributed by atoms with Gasteiger partial charge in [-0.15, -0.1) is 0 Å². The fourth-order valence-corrected chi connectivity index (χ4v) is 2.54. The lowest BCUT2D eigenvalue weighted by Gasteiger charge is -2.26. The summed E-state index contributed by atoms with van der Waals surface area (Å²) >= 11 is 5.84. The van der Waals surface area contributed by atoms with Crippen molar-refractivity contribution in [2.75, 3.05) is 39.4 Å².